The Morgan fingerprint density at radius 2 is 2.12 bits per heavy atom. The molecule has 0 aliphatic carbocycles. The minimum absolute atomic E-state index is 0.556. The summed E-state index contributed by atoms with van der Waals surface area (Å²) < 4.78 is 5.19. The molecule has 6 heteroatoms. The molecule has 0 radical (unpaired) electrons. The van der Waals surface area contributed by atoms with Crippen LogP contribution in [0.25, 0.3) is 0 Å². The molecular weight excluding hydrogens is 254 g/mol. The van der Waals surface area contributed by atoms with Gasteiger partial charge in [-0.2, -0.15) is 4.98 Å². The number of furan rings is 1. The lowest BCUT2D eigenvalue weighted by atomic mass is 10.5. The Balaban J connectivity index is 0.000000686. The summed E-state index contributed by atoms with van der Waals surface area (Å²) in [4.78, 5) is 11.5. The molecular formula is C11H17N3OS2. The minimum Gasteiger partial charge on any atom is -0.467 e. The zero-order valence-corrected chi connectivity index (χ0v) is 12.1. The summed E-state index contributed by atoms with van der Waals surface area (Å²) in [5.41, 5.74) is 0. The Kier molecular flexibility index (Phi) is 5.93. The van der Waals surface area contributed by atoms with Crippen molar-refractivity contribution in [2.75, 3.05) is 19.0 Å². The van der Waals surface area contributed by atoms with Gasteiger partial charge in [0.1, 0.15) is 12.3 Å². The lowest BCUT2D eigenvalue weighted by Gasteiger charge is -2.03. The number of nitrogens with zero attached hydrogens (tertiary/aromatic N) is 3. The van der Waals surface area contributed by atoms with Crippen molar-refractivity contribution < 1.29 is 4.42 Å². The highest BCUT2D eigenvalue weighted by Gasteiger charge is 2.00. The smallest absolute Gasteiger partial charge is 0.217 e. The molecule has 4 nitrogen and oxygen atoms in total. The monoisotopic (exact) mass is 271 g/mol. The molecule has 0 unspecified atom stereocenters. The second-order valence-corrected chi connectivity index (χ2v) is 5.20. The van der Waals surface area contributed by atoms with Gasteiger partial charge in [0, 0.05) is 14.1 Å². The predicted octanol–water partition coefficient (Wildman–Crippen LogP) is 2.99. The van der Waals surface area contributed by atoms with Crippen LogP contribution in [0, 0.1) is 0 Å². The summed E-state index contributed by atoms with van der Waals surface area (Å²) >= 11 is 0. The summed E-state index contributed by atoms with van der Waals surface area (Å²) in [5, 5.41) is 0.984. The van der Waals surface area contributed by atoms with Crippen LogP contribution in [0.2, 0.25) is 0 Å². The Hall–Kier alpha value is -1.14. The van der Waals surface area contributed by atoms with Crippen LogP contribution in [0.3, 0.4) is 0 Å². The van der Waals surface area contributed by atoms with Gasteiger partial charge in [-0.05, 0) is 32.8 Å². The molecule has 2 aromatic heterocycles. The Morgan fingerprint density at radius 3 is 2.65 bits per heavy atom. The minimum atomic E-state index is 0.556. The largest absolute Gasteiger partial charge is 0.467 e. The van der Waals surface area contributed by atoms with E-state index in [4.69, 9.17) is 4.42 Å². The molecule has 0 aromatic carbocycles. The molecule has 0 aliphatic rings. The second kappa shape index (κ2) is 7.24. The zero-order chi connectivity index (χ0) is 12.7. The van der Waals surface area contributed by atoms with Crippen LogP contribution in [0.4, 0.5) is 5.13 Å². The highest BCUT2D eigenvalue weighted by molar-refractivity contribution is 7.69. The average Bonchev–Trinajstić information content (AvgIpc) is 3.00. The van der Waals surface area contributed by atoms with Crippen LogP contribution in [-0.2, 0) is 6.54 Å². The molecule has 0 saturated carbocycles. The molecule has 0 saturated heterocycles. The Labute approximate surface area is 109 Å². The van der Waals surface area contributed by atoms with Crippen LogP contribution in [-0.4, -0.2) is 19.1 Å². The molecule has 0 N–H and O–H groups in total. The van der Waals surface area contributed by atoms with E-state index in [0.717, 1.165) is 15.7 Å². The highest BCUT2D eigenvalue weighted by atomic mass is 32.9. The van der Waals surface area contributed by atoms with E-state index in [0.29, 0.717) is 6.54 Å². The van der Waals surface area contributed by atoms with Gasteiger partial charge < -0.3 is 9.32 Å². The number of aromatic nitrogens is 1. The van der Waals surface area contributed by atoms with Crippen molar-refractivity contribution in [2.45, 2.75) is 20.4 Å². The molecule has 0 atom stereocenters. The van der Waals surface area contributed by atoms with Gasteiger partial charge in [0.15, 0.2) is 5.13 Å². The summed E-state index contributed by atoms with van der Waals surface area (Å²) in [5.74, 6) is 0.863. The summed E-state index contributed by atoms with van der Waals surface area (Å²) in [6.45, 7) is 4.56. The van der Waals surface area contributed by atoms with Crippen molar-refractivity contribution in [1.29, 1.82) is 0 Å². The van der Waals surface area contributed by atoms with Gasteiger partial charge in [0.2, 0.25) is 4.80 Å². The van der Waals surface area contributed by atoms with Gasteiger partial charge in [-0.25, -0.2) is 4.99 Å². The molecule has 2 aromatic rings. The fourth-order valence-electron chi connectivity index (χ4n) is 0.978. The van der Waals surface area contributed by atoms with Crippen LogP contribution in [0.15, 0.2) is 27.8 Å². The van der Waals surface area contributed by atoms with Crippen molar-refractivity contribution in [3.63, 3.8) is 0 Å². The van der Waals surface area contributed by atoms with Crippen molar-refractivity contribution in [3.05, 3.63) is 29.0 Å². The van der Waals surface area contributed by atoms with Gasteiger partial charge in [-0.3, -0.25) is 0 Å². The highest BCUT2D eigenvalue weighted by Crippen LogP contribution is 2.15. The van der Waals surface area contributed by atoms with E-state index in [1.165, 1.54) is 0 Å². The predicted molar refractivity (Wildman–Crippen MR) is 73.6 cm³/mol. The Morgan fingerprint density at radius 1 is 1.35 bits per heavy atom. The van der Waals surface area contributed by atoms with E-state index in [1.807, 2.05) is 45.0 Å². The van der Waals surface area contributed by atoms with Gasteiger partial charge >= 0.3 is 0 Å². The fraction of sp³-hybridized carbons (Fsp3) is 0.455. The van der Waals surface area contributed by atoms with Gasteiger partial charge in [-0.1, -0.05) is 13.8 Å². The first-order valence-corrected chi connectivity index (χ1v) is 7.58. The molecule has 2 heterocycles. The van der Waals surface area contributed by atoms with E-state index in [9.17, 15) is 0 Å². The molecule has 0 amide bonds. The number of rotatable bonds is 3. The normalized spacial score (nSPS) is 10.9. The van der Waals surface area contributed by atoms with Crippen molar-refractivity contribution in [2.24, 2.45) is 4.99 Å². The topological polar surface area (TPSA) is 41.6 Å². The maximum atomic E-state index is 5.19. The van der Waals surface area contributed by atoms with Crippen LogP contribution in [0.5, 0.6) is 0 Å². The number of anilines is 1. The average molecular weight is 271 g/mol. The summed E-state index contributed by atoms with van der Waals surface area (Å²) in [6, 6.07) is 3.77. The Bertz CT molecular complexity index is 471. The molecule has 0 fully saturated rings. The van der Waals surface area contributed by atoms with Gasteiger partial charge in [0.25, 0.3) is 0 Å². The van der Waals surface area contributed by atoms with Crippen molar-refractivity contribution in [3.8, 4) is 0 Å². The SMILES string of the molecule is CC.CN(C)c1nc(=NCc2ccco2)ss1. The third-order valence-electron chi connectivity index (χ3n) is 1.71. The molecule has 0 spiro atoms. The molecule has 0 aliphatic heterocycles. The van der Waals surface area contributed by atoms with E-state index >= 15 is 0 Å². The maximum absolute atomic E-state index is 5.19. The van der Waals surface area contributed by atoms with Crippen molar-refractivity contribution in [1.82, 2.24) is 4.98 Å². The van der Waals surface area contributed by atoms with Crippen LogP contribution >= 0.6 is 20.7 Å². The quantitative estimate of drug-likeness (QED) is 0.806. The third kappa shape index (κ3) is 4.32. The lowest BCUT2D eigenvalue weighted by Crippen LogP contribution is -2.10. The first-order chi connectivity index (χ1) is 8.25. The first kappa shape index (κ1) is 13.9. The van der Waals surface area contributed by atoms with Crippen LogP contribution in [0.1, 0.15) is 19.6 Å². The molecule has 2 rings (SSSR count). The van der Waals surface area contributed by atoms with E-state index in [-0.39, 0.29) is 0 Å². The van der Waals surface area contributed by atoms with E-state index < -0.39 is 0 Å². The number of hydrogen-bond acceptors (Lipinski definition) is 6. The maximum Gasteiger partial charge on any atom is 0.217 e. The standard InChI is InChI=1S/C9H11N3OS2.C2H6/c1-12(2)9-11-8(14-15-9)10-6-7-4-3-5-13-7;1-2/h3-5H,6H2,1-2H3;1-2H3. The lowest BCUT2D eigenvalue weighted by molar-refractivity contribution is 0.511. The van der Waals surface area contributed by atoms with E-state index in [1.54, 1.807) is 26.9 Å². The fourth-order valence-corrected chi connectivity index (χ4v) is 2.97. The van der Waals surface area contributed by atoms with Gasteiger partial charge in [0.05, 0.1) is 6.26 Å². The number of hydrogen-bond donors (Lipinski definition) is 0. The van der Waals surface area contributed by atoms with Gasteiger partial charge in [-0.15, -0.1) is 0 Å². The summed E-state index contributed by atoms with van der Waals surface area (Å²) in [6.07, 6.45) is 1.65. The zero-order valence-electron chi connectivity index (χ0n) is 10.5. The molecule has 17 heavy (non-hydrogen) atoms. The molecule has 0 bridgehead atoms. The van der Waals surface area contributed by atoms with Crippen molar-refractivity contribution >= 4 is 25.8 Å². The second-order valence-electron chi connectivity index (χ2n) is 3.13. The molecule has 94 valence electrons. The third-order valence-corrected chi connectivity index (χ3v) is 3.92. The van der Waals surface area contributed by atoms with E-state index in [2.05, 4.69) is 9.98 Å². The first-order valence-electron chi connectivity index (χ1n) is 5.43. The summed E-state index contributed by atoms with van der Waals surface area (Å²) in [7, 11) is 7.16. The van der Waals surface area contributed by atoms with Crippen LogP contribution < -0.4 is 9.70 Å².